The van der Waals surface area contributed by atoms with Gasteiger partial charge in [0.05, 0.1) is 10.7 Å². The summed E-state index contributed by atoms with van der Waals surface area (Å²) in [6, 6.07) is -1.28. The molecule has 1 heterocycles. The quantitative estimate of drug-likeness (QED) is 0.857. The lowest BCUT2D eigenvalue weighted by Gasteiger charge is -2.03. The minimum atomic E-state index is -4.24. The van der Waals surface area contributed by atoms with Crippen molar-refractivity contribution in [1.82, 2.24) is 4.98 Å². The predicted molar refractivity (Wildman–Crippen MR) is 51.1 cm³/mol. The molecule has 0 aliphatic carbocycles. The second kappa shape index (κ2) is 4.79. The van der Waals surface area contributed by atoms with E-state index in [0.717, 1.165) is 11.3 Å². The van der Waals surface area contributed by atoms with Crippen LogP contribution in [0.3, 0.4) is 0 Å². The second-order valence-corrected chi connectivity index (χ2v) is 4.04. The molecule has 0 spiro atoms. The van der Waals surface area contributed by atoms with Crippen molar-refractivity contribution in [3.8, 4) is 0 Å². The Labute approximate surface area is 92.9 Å². The fraction of sp³-hybridized carbons (Fsp3) is 0.500. The zero-order valence-corrected chi connectivity index (χ0v) is 8.81. The lowest BCUT2D eigenvalue weighted by Crippen LogP contribution is -2.21. The van der Waals surface area contributed by atoms with Gasteiger partial charge >= 0.3 is 12.1 Å². The molecule has 16 heavy (non-hydrogen) atoms. The summed E-state index contributed by atoms with van der Waals surface area (Å²) < 4.78 is 35.7. The Morgan fingerprint density at radius 2 is 2.25 bits per heavy atom. The second-order valence-electron chi connectivity index (χ2n) is 3.10. The zero-order valence-electron chi connectivity index (χ0n) is 7.99. The van der Waals surface area contributed by atoms with Crippen LogP contribution in [0.15, 0.2) is 5.38 Å². The Kier molecular flexibility index (Phi) is 3.87. The number of alkyl halides is 3. The Hall–Kier alpha value is -1.15. The van der Waals surface area contributed by atoms with Gasteiger partial charge in [0.15, 0.2) is 0 Å². The standard InChI is InChI=1S/C8H9F3N2O2S/c9-8(10,11)2-1-5-13-4(3-16-5)6(12)7(14)15/h3,6H,1-2,12H2,(H,14,15). The van der Waals surface area contributed by atoms with Gasteiger partial charge < -0.3 is 10.8 Å². The Bertz CT molecular complexity index is 378. The van der Waals surface area contributed by atoms with Crippen LogP contribution in [0.1, 0.15) is 23.2 Å². The normalized spacial score (nSPS) is 13.8. The summed E-state index contributed by atoms with van der Waals surface area (Å²) in [5.74, 6) is -1.26. The number of aromatic nitrogens is 1. The lowest BCUT2D eigenvalue weighted by molar-refractivity contribution is -0.139. The molecule has 0 bridgehead atoms. The first kappa shape index (κ1) is 12.9. The molecule has 3 N–H and O–H groups in total. The minimum absolute atomic E-state index is 0.0923. The minimum Gasteiger partial charge on any atom is -0.480 e. The van der Waals surface area contributed by atoms with E-state index in [1.165, 1.54) is 5.38 Å². The zero-order chi connectivity index (χ0) is 12.3. The third kappa shape index (κ3) is 3.78. The van der Waals surface area contributed by atoms with Gasteiger partial charge in [0.25, 0.3) is 0 Å². The van der Waals surface area contributed by atoms with Crippen molar-refractivity contribution in [1.29, 1.82) is 0 Å². The highest BCUT2D eigenvalue weighted by molar-refractivity contribution is 7.09. The average molecular weight is 254 g/mol. The molecule has 0 aromatic carbocycles. The van der Waals surface area contributed by atoms with E-state index in [1.54, 1.807) is 0 Å². The van der Waals surface area contributed by atoms with Gasteiger partial charge in [0.2, 0.25) is 0 Å². The van der Waals surface area contributed by atoms with Crippen LogP contribution in [0.5, 0.6) is 0 Å². The molecule has 0 saturated heterocycles. The van der Waals surface area contributed by atoms with Crippen LogP contribution < -0.4 is 5.73 Å². The van der Waals surface area contributed by atoms with E-state index < -0.39 is 24.6 Å². The number of thiazole rings is 1. The summed E-state index contributed by atoms with van der Waals surface area (Å²) in [6.07, 6.45) is -5.45. The molecule has 1 aromatic rings. The van der Waals surface area contributed by atoms with Gasteiger partial charge in [-0.25, -0.2) is 4.98 Å². The lowest BCUT2D eigenvalue weighted by atomic mass is 10.2. The van der Waals surface area contributed by atoms with Crippen molar-refractivity contribution in [2.45, 2.75) is 25.1 Å². The molecule has 0 radical (unpaired) electrons. The topological polar surface area (TPSA) is 76.2 Å². The van der Waals surface area contributed by atoms with Crippen LogP contribution in [-0.2, 0) is 11.2 Å². The van der Waals surface area contributed by atoms with Crippen LogP contribution >= 0.6 is 11.3 Å². The van der Waals surface area contributed by atoms with Crippen molar-refractivity contribution < 1.29 is 23.1 Å². The number of halogens is 3. The van der Waals surface area contributed by atoms with E-state index in [-0.39, 0.29) is 17.1 Å². The van der Waals surface area contributed by atoms with E-state index in [2.05, 4.69) is 4.98 Å². The van der Waals surface area contributed by atoms with Crippen LogP contribution in [0, 0.1) is 0 Å². The van der Waals surface area contributed by atoms with E-state index in [0.29, 0.717) is 0 Å². The first-order valence-corrected chi connectivity index (χ1v) is 5.17. The molecule has 1 unspecified atom stereocenters. The highest BCUT2D eigenvalue weighted by Crippen LogP contribution is 2.24. The number of carboxylic acids is 1. The number of carboxylic acid groups (broad SMARTS) is 1. The van der Waals surface area contributed by atoms with Gasteiger partial charge in [0.1, 0.15) is 6.04 Å². The number of hydrogen-bond acceptors (Lipinski definition) is 4. The molecule has 8 heteroatoms. The monoisotopic (exact) mass is 254 g/mol. The van der Waals surface area contributed by atoms with Crippen molar-refractivity contribution >= 4 is 17.3 Å². The molecule has 1 aromatic heterocycles. The van der Waals surface area contributed by atoms with E-state index in [9.17, 15) is 18.0 Å². The van der Waals surface area contributed by atoms with Crippen molar-refractivity contribution in [2.75, 3.05) is 0 Å². The first-order chi connectivity index (χ1) is 7.29. The van der Waals surface area contributed by atoms with Crippen molar-refractivity contribution in [3.05, 3.63) is 16.1 Å². The highest BCUT2D eigenvalue weighted by atomic mass is 32.1. The molecule has 0 saturated carbocycles. The van der Waals surface area contributed by atoms with Crippen molar-refractivity contribution in [2.24, 2.45) is 5.73 Å². The summed E-state index contributed by atoms with van der Waals surface area (Å²) in [6.45, 7) is 0. The van der Waals surface area contributed by atoms with Crippen LogP contribution in [0.4, 0.5) is 13.2 Å². The van der Waals surface area contributed by atoms with Gasteiger partial charge in [-0.15, -0.1) is 11.3 Å². The highest BCUT2D eigenvalue weighted by Gasteiger charge is 2.27. The molecule has 0 fully saturated rings. The molecule has 0 aliphatic heterocycles. The molecule has 90 valence electrons. The Balaban J connectivity index is 2.62. The summed E-state index contributed by atoms with van der Waals surface area (Å²) in [4.78, 5) is 14.2. The number of hydrogen-bond donors (Lipinski definition) is 2. The third-order valence-corrected chi connectivity index (χ3v) is 2.70. The molecular weight excluding hydrogens is 245 g/mol. The summed E-state index contributed by atoms with van der Waals surface area (Å²) >= 11 is 0.982. The maximum atomic E-state index is 11.9. The van der Waals surface area contributed by atoms with Gasteiger partial charge in [-0.1, -0.05) is 0 Å². The fourth-order valence-electron chi connectivity index (χ4n) is 0.958. The van der Waals surface area contributed by atoms with E-state index in [1.807, 2.05) is 0 Å². The molecule has 1 rings (SSSR count). The van der Waals surface area contributed by atoms with Gasteiger partial charge in [-0.3, -0.25) is 4.79 Å². The van der Waals surface area contributed by atoms with Gasteiger partial charge in [0, 0.05) is 18.2 Å². The summed E-state index contributed by atoms with van der Waals surface area (Å²) in [7, 11) is 0. The molecular formula is C8H9F3N2O2S. The SMILES string of the molecule is NC(C(=O)O)c1csc(CCC(F)(F)F)n1. The Morgan fingerprint density at radius 3 is 2.75 bits per heavy atom. The number of nitrogens with two attached hydrogens (primary N) is 1. The molecule has 0 amide bonds. The van der Waals surface area contributed by atoms with E-state index >= 15 is 0 Å². The largest absolute Gasteiger partial charge is 0.480 e. The van der Waals surface area contributed by atoms with Gasteiger partial charge in [-0.05, 0) is 0 Å². The van der Waals surface area contributed by atoms with Crippen LogP contribution in [0.25, 0.3) is 0 Å². The number of nitrogens with zero attached hydrogens (tertiary/aromatic N) is 1. The van der Waals surface area contributed by atoms with Crippen molar-refractivity contribution in [3.63, 3.8) is 0 Å². The number of aryl methyl sites for hydroxylation is 1. The Morgan fingerprint density at radius 1 is 1.62 bits per heavy atom. The van der Waals surface area contributed by atoms with Crippen LogP contribution in [0.2, 0.25) is 0 Å². The summed E-state index contributed by atoms with van der Waals surface area (Å²) in [5, 5.41) is 10.2. The molecule has 1 atom stereocenters. The molecule has 4 nitrogen and oxygen atoms in total. The number of carbonyl (C=O) groups is 1. The van der Waals surface area contributed by atoms with Crippen LogP contribution in [-0.4, -0.2) is 22.2 Å². The predicted octanol–water partition coefficient (Wildman–Crippen LogP) is 1.72. The number of aliphatic carboxylic acids is 1. The molecule has 0 aliphatic rings. The first-order valence-electron chi connectivity index (χ1n) is 4.29. The maximum absolute atomic E-state index is 11.9. The summed E-state index contributed by atoms with van der Waals surface area (Å²) in [5.41, 5.74) is 5.35. The third-order valence-electron chi connectivity index (χ3n) is 1.78. The fourth-order valence-corrected chi connectivity index (χ4v) is 1.79. The number of rotatable bonds is 4. The van der Waals surface area contributed by atoms with E-state index in [4.69, 9.17) is 10.8 Å². The van der Waals surface area contributed by atoms with Gasteiger partial charge in [-0.2, -0.15) is 13.2 Å². The smallest absolute Gasteiger partial charge is 0.389 e. The average Bonchev–Trinajstić information content (AvgIpc) is 2.60. The maximum Gasteiger partial charge on any atom is 0.389 e.